The molecule has 0 saturated heterocycles. The van der Waals surface area contributed by atoms with Crippen LogP contribution in [0.25, 0.3) is 88.4 Å². The molecule has 296 valence electrons. The van der Waals surface area contributed by atoms with Crippen LogP contribution in [-0.2, 0) is 0 Å². The molecule has 2 heterocycles. The van der Waals surface area contributed by atoms with Gasteiger partial charge in [-0.3, -0.25) is 0 Å². The Morgan fingerprint density at radius 2 is 0.556 bits per heavy atom. The van der Waals surface area contributed by atoms with Crippen molar-refractivity contribution in [2.75, 3.05) is 4.90 Å². The van der Waals surface area contributed by atoms with Crippen molar-refractivity contribution < 1.29 is 0 Å². The van der Waals surface area contributed by atoms with E-state index in [4.69, 9.17) is 0 Å². The lowest BCUT2D eigenvalue weighted by molar-refractivity contribution is 1.18. The lowest BCUT2D eigenvalue weighted by Crippen LogP contribution is -2.11. The van der Waals surface area contributed by atoms with Crippen LogP contribution in [0.15, 0.2) is 249 Å². The molecular formula is C60H41N3. The lowest BCUT2D eigenvalue weighted by atomic mass is 9.99. The molecule has 0 fully saturated rings. The van der Waals surface area contributed by atoms with Crippen LogP contribution in [0.3, 0.4) is 0 Å². The largest absolute Gasteiger partial charge is 0.310 e. The Kier molecular flexibility index (Phi) is 8.83. The van der Waals surface area contributed by atoms with Gasteiger partial charge in [-0.1, -0.05) is 182 Å². The molecule has 3 nitrogen and oxygen atoms in total. The summed E-state index contributed by atoms with van der Waals surface area (Å²) in [6.45, 7) is 0. The highest BCUT2D eigenvalue weighted by atomic mass is 15.1. The zero-order chi connectivity index (χ0) is 41.7. The summed E-state index contributed by atoms with van der Waals surface area (Å²) in [7, 11) is 0. The first-order valence-electron chi connectivity index (χ1n) is 21.6. The minimum atomic E-state index is 1.08. The van der Waals surface area contributed by atoms with Gasteiger partial charge in [0.05, 0.1) is 39.1 Å². The van der Waals surface area contributed by atoms with E-state index < -0.39 is 0 Å². The third-order valence-electron chi connectivity index (χ3n) is 12.6. The summed E-state index contributed by atoms with van der Waals surface area (Å²) in [4.78, 5) is 2.40. The molecule has 63 heavy (non-hydrogen) atoms. The van der Waals surface area contributed by atoms with Crippen LogP contribution < -0.4 is 4.90 Å². The third-order valence-corrected chi connectivity index (χ3v) is 12.6. The van der Waals surface area contributed by atoms with E-state index in [0.29, 0.717) is 0 Å². The van der Waals surface area contributed by atoms with Gasteiger partial charge in [0.25, 0.3) is 0 Å². The number of anilines is 3. The van der Waals surface area contributed by atoms with Gasteiger partial charge in [0.1, 0.15) is 0 Å². The van der Waals surface area contributed by atoms with Crippen molar-refractivity contribution >= 4 is 60.7 Å². The van der Waals surface area contributed by atoms with Crippen molar-refractivity contribution in [2.24, 2.45) is 0 Å². The number of nitrogens with zero attached hydrogens (tertiary/aromatic N) is 3. The second kappa shape index (κ2) is 15.3. The molecule has 12 aromatic rings. The van der Waals surface area contributed by atoms with E-state index in [2.05, 4.69) is 263 Å². The monoisotopic (exact) mass is 803 g/mol. The van der Waals surface area contributed by atoms with Crippen molar-refractivity contribution in [3.63, 3.8) is 0 Å². The fourth-order valence-electron chi connectivity index (χ4n) is 9.73. The molecule has 0 radical (unpaired) electrons. The summed E-state index contributed by atoms with van der Waals surface area (Å²) in [5, 5.41) is 5.03. The fourth-order valence-corrected chi connectivity index (χ4v) is 9.73. The molecule has 0 bridgehead atoms. The first kappa shape index (κ1) is 36.5. The highest BCUT2D eigenvalue weighted by molar-refractivity contribution is 6.11. The third kappa shape index (κ3) is 6.13. The second-order valence-corrected chi connectivity index (χ2v) is 16.1. The smallest absolute Gasteiger partial charge is 0.0541 e. The van der Waals surface area contributed by atoms with Crippen molar-refractivity contribution in [1.82, 2.24) is 9.13 Å². The predicted molar refractivity (Wildman–Crippen MR) is 266 cm³/mol. The first-order valence-corrected chi connectivity index (χ1v) is 21.6. The summed E-state index contributed by atoms with van der Waals surface area (Å²) in [6.07, 6.45) is 0. The highest BCUT2D eigenvalue weighted by Crippen LogP contribution is 2.44. The van der Waals surface area contributed by atoms with Gasteiger partial charge in [-0.25, -0.2) is 0 Å². The maximum atomic E-state index is 2.41. The predicted octanol–water partition coefficient (Wildman–Crippen LogP) is 16.4. The van der Waals surface area contributed by atoms with E-state index in [0.717, 1.165) is 39.6 Å². The molecule has 2 aromatic heterocycles. The van der Waals surface area contributed by atoms with Crippen molar-refractivity contribution in [2.45, 2.75) is 0 Å². The van der Waals surface area contributed by atoms with Crippen LogP contribution in [0.1, 0.15) is 0 Å². The molecule has 0 spiro atoms. The van der Waals surface area contributed by atoms with Crippen LogP contribution in [0.2, 0.25) is 0 Å². The van der Waals surface area contributed by atoms with Crippen LogP contribution in [0.5, 0.6) is 0 Å². The molecule has 0 aliphatic rings. The normalized spacial score (nSPS) is 11.5. The van der Waals surface area contributed by atoms with Gasteiger partial charge in [-0.2, -0.15) is 0 Å². The zero-order valence-corrected chi connectivity index (χ0v) is 34.5. The summed E-state index contributed by atoms with van der Waals surface area (Å²) >= 11 is 0. The summed E-state index contributed by atoms with van der Waals surface area (Å²) in [5.41, 5.74) is 17.4. The second-order valence-electron chi connectivity index (χ2n) is 16.1. The van der Waals surface area contributed by atoms with E-state index in [9.17, 15) is 0 Å². The Labute approximate surface area is 366 Å². The molecule has 0 saturated carbocycles. The standard InChI is InChI=1S/C60H41N3/c1-2-18-42(19-3-1)47-20-4-11-27-54(47)61(45-38-34-43(35-39-45)48-21-5-12-28-55(48)62-57-30-14-7-23-50(57)51-24-8-15-31-58(51)62)46-40-36-44(37-41-46)49-22-6-13-29-56(49)63-59-32-16-9-25-52(59)53-26-10-17-33-60(53)63/h1-41H. The van der Waals surface area contributed by atoms with Gasteiger partial charge < -0.3 is 14.0 Å². The van der Waals surface area contributed by atoms with Gasteiger partial charge in [0.15, 0.2) is 0 Å². The van der Waals surface area contributed by atoms with Gasteiger partial charge in [0.2, 0.25) is 0 Å². The van der Waals surface area contributed by atoms with E-state index >= 15 is 0 Å². The van der Waals surface area contributed by atoms with E-state index in [1.165, 1.54) is 65.9 Å². The quantitative estimate of drug-likeness (QED) is 0.149. The summed E-state index contributed by atoms with van der Waals surface area (Å²) in [6, 6.07) is 90.0. The number of para-hydroxylation sites is 7. The van der Waals surface area contributed by atoms with Crippen LogP contribution in [0.4, 0.5) is 17.1 Å². The molecule has 0 aliphatic carbocycles. The fraction of sp³-hybridized carbons (Fsp3) is 0. The number of benzene rings is 10. The number of hydrogen-bond acceptors (Lipinski definition) is 1. The maximum absolute atomic E-state index is 2.41. The molecule has 0 atom stereocenters. The molecule has 10 aromatic carbocycles. The van der Waals surface area contributed by atoms with Crippen molar-refractivity contribution in [3.8, 4) is 44.8 Å². The molecule has 0 amide bonds. The van der Waals surface area contributed by atoms with Gasteiger partial charge in [-0.15, -0.1) is 0 Å². The Bertz CT molecular complexity index is 3310. The number of fused-ring (bicyclic) bond motifs is 6. The molecule has 3 heteroatoms. The SMILES string of the molecule is c1ccc(-c2ccccc2N(c2ccc(-c3ccccc3-n3c4ccccc4c4ccccc43)cc2)c2ccc(-c3ccccc3-n3c4ccccc4c4ccccc43)cc2)cc1. The Morgan fingerprint density at radius 1 is 0.238 bits per heavy atom. The lowest BCUT2D eigenvalue weighted by Gasteiger charge is -2.28. The van der Waals surface area contributed by atoms with Crippen molar-refractivity contribution in [1.29, 1.82) is 0 Å². The minimum absolute atomic E-state index is 1.08. The average molecular weight is 804 g/mol. The Balaban J connectivity index is 0.980. The summed E-state index contributed by atoms with van der Waals surface area (Å²) in [5.74, 6) is 0. The summed E-state index contributed by atoms with van der Waals surface area (Å²) < 4.78 is 4.83. The number of rotatable bonds is 8. The van der Waals surface area contributed by atoms with Gasteiger partial charge in [-0.05, 0) is 83.4 Å². The topological polar surface area (TPSA) is 13.1 Å². The van der Waals surface area contributed by atoms with Crippen LogP contribution in [0, 0.1) is 0 Å². The Hall–Kier alpha value is -8.40. The highest BCUT2D eigenvalue weighted by Gasteiger charge is 2.20. The molecule has 0 N–H and O–H groups in total. The van der Waals surface area contributed by atoms with Gasteiger partial charge >= 0.3 is 0 Å². The van der Waals surface area contributed by atoms with Crippen LogP contribution in [-0.4, -0.2) is 9.13 Å². The van der Waals surface area contributed by atoms with Crippen LogP contribution >= 0.6 is 0 Å². The van der Waals surface area contributed by atoms with Gasteiger partial charge in [0, 0.05) is 49.6 Å². The average Bonchev–Trinajstić information content (AvgIpc) is 3.88. The zero-order valence-electron chi connectivity index (χ0n) is 34.5. The van der Waals surface area contributed by atoms with Crippen molar-refractivity contribution in [3.05, 3.63) is 249 Å². The first-order chi connectivity index (χ1) is 31.3. The number of hydrogen-bond donors (Lipinski definition) is 0. The molecule has 0 aliphatic heterocycles. The van der Waals surface area contributed by atoms with E-state index in [1.54, 1.807) is 0 Å². The van der Waals surface area contributed by atoms with E-state index in [-0.39, 0.29) is 0 Å². The molecule has 0 unspecified atom stereocenters. The number of aromatic nitrogens is 2. The Morgan fingerprint density at radius 3 is 0.984 bits per heavy atom. The van der Waals surface area contributed by atoms with E-state index in [1.807, 2.05) is 0 Å². The maximum Gasteiger partial charge on any atom is 0.0541 e. The molecule has 12 rings (SSSR count). The molecular weight excluding hydrogens is 763 g/mol. The minimum Gasteiger partial charge on any atom is -0.310 e.